The van der Waals surface area contributed by atoms with Crippen molar-refractivity contribution in [1.29, 1.82) is 0 Å². The SMILES string of the molecule is CN1CCCN(N)C1=O. The zero-order valence-electron chi connectivity index (χ0n) is 5.50. The molecule has 4 heteroatoms. The highest BCUT2D eigenvalue weighted by Gasteiger charge is 2.18. The van der Waals surface area contributed by atoms with E-state index in [1.54, 1.807) is 11.9 Å². The number of urea groups is 1. The van der Waals surface area contributed by atoms with Gasteiger partial charge < -0.3 is 4.90 Å². The van der Waals surface area contributed by atoms with Gasteiger partial charge in [0.2, 0.25) is 0 Å². The second-order valence-corrected chi connectivity index (χ2v) is 2.25. The van der Waals surface area contributed by atoms with Crippen LogP contribution < -0.4 is 5.84 Å². The van der Waals surface area contributed by atoms with Crippen LogP contribution in [-0.2, 0) is 0 Å². The average molecular weight is 129 g/mol. The number of nitrogens with zero attached hydrogens (tertiary/aromatic N) is 2. The third kappa shape index (κ3) is 1.13. The molecule has 0 spiro atoms. The van der Waals surface area contributed by atoms with Crippen molar-refractivity contribution in [1.82, 2.24) is 9.91 Å². The number of amides is 2. The van der Waals surface area contributed by atoms with Crippen LogP contribution >= 0.6 is 0 Å². The molecule has 2 N–H and O–H groups in total. The summed E-state index contributed by atoms with van der Waals surface area (Å²) < 4.78 is 0. The maximum Gasteiger partial charge on any atom is 0.333 e. The molecule has 9 heavy (non-hydrogen) atoms. The molecular weight excluding hydrogens is 118 g/mol. The van der Waals surface area contributed by atoms with E-state index in [1.807, 2.05) is 0 Å². The Hall–Kier alpha value is -0.770. The van der Waals surface area contributed by atoms with Gasteiger partial charge in [-0.15, -0.1) is 0 Å². The summed E-state index contributed by atoms with van der Waals surface area (Å²) in [6.07, 6.45) is 0.971. The number of carbonyl (C=O) groups excluding carboxylic acids is 1. The summed E-state index contributed by atoms with van der Waals surface area (Å²) in [4.78, 5) is 12.5. The summed E-state index contributed by atoms with van der Waals surface area (Å²) >= 11 is 0. The average Bonchev–Trinajstić information content (AvgIpc) is 1.83. The number of hydrogen-bond donors (Lipinski definition) is 1. The number of hydrazine groups is 1. The van der Waals surface area contributed by atoms with Gasteiger partial charge in [-0.2, -0.15) is 0 Å². The topological polar surface area (TPSA) is 49.6 Å². The molecule has 0 unspecified atom stereocenters. The summed E-state index contributed by atoms with van der Waals surface area (Å²) in [5.74, 6) is 5.31. The molecule has 4 nitrogen and oxygen atoms in total. The quantitative estimate of drug-likeness (QED) is 0.358. The van der Waals surface area contributed by atoms with E-state index in [0.717, 1.165) is 13.0 Å². The zero-order chi connectivity index (χ0) is 6.85. The molecule has 52 valence electrons. The van der Waals surface area contributed by atoms with Crippen LogP contribution in [0.2, 0.25) is 0 Å². The van der Waals surface area contributed by atoms with Gasteiger partial charge in [0.15, 0.2) is 0 Å². The fourth-order valence-corrected chi connectivity index (χ4v) is 0.889. The molecule has 1 saturated heterocycles. The Kier molecular flexibility index (Phi) is 1.57. The van der Waals surface area contributed by atoms with Crippen LogP contribution in [0.25, 0.3) is 0 Å². The number of rotatable bonds is 0. The first-order valence-electron chi connectivity index (χ1n) is 2.99. The lowest BCUT2D eigenvalue weighted by Crippen LogP contribution is -2.50. The lowest BCUT2D eigenvalue weighted by molar-refractivity contribution is 0.142. The van der Waals surface area contributed by atoms with E-state index in [2.05, 4.69) is 0 Å². The van der Waals surface area contributed by atoms with Crippen molar-refractivity contribution in [3.05, 3.63) is 0 Å². The Bertz CT molecular complexity index is 113. The fraction of sp³-hybridized carbons (Fsp3) is 0.800. The third-order valence-electron chi connectivity index (χ3n) is 1.46. The van der Waals surface area contributed by atoms with Gasteiger partial charge in [0.05, 0.1) is 0 Å². The molecule has 0 aromatic rings. The number of nitrogens with two attached hydrogens (primary N) is 1. The minimum atomic E-state index is -0.0822. The highest BCUT2D eigenvalue weighted by molar-refractivity contribution is 5.74. The van der Waals surface area contributed by atoms with Crippen LogP contribution in [0.5, 0.6) is 0 Å². The van der Waals surface area contributed by atoms with E-state index >= 15 is 0 Å². The van der Waals surface area contributed by atoms with Crippen LogP contribution in [0.15, 0.2) is 0 Å². The van der Waals surface area contributed by atoms with E-state index < -0.39 is 0 Å². The minimum Gasteiger partial charge on any atom is -0.327 e. The monoisotopic (exact) mass is 129 g/mol. The normalized spacial score (nSPS) is 20.9. The van der Waals surface area contributed by atoms with E-state index in [9.17, 15) is 4.79 Å². The predicted octanol–water partition coefficient (Wildman–Crippen LogP) is -0.382. The van der Waals surface area contributed by atoms with Crippen molar-refractivity contribution in [2.24, 2.45) is 5.84 Å². The van der Waals surface area contributed by atoms with Crippen molar-refractivity contribution in [2.45, 2.75) is 6.42 Å². The number of hydrogen-bond acceptors (Lipinski definition) is 2. The molecule has 0 bridgehead atoms. The first kappa shape index (κ1) is 6.35. The standard InChI is InChI=1S/C5H11N3O/c1-7-3-2-4-8(6)5(7)9/h2-4,6H2,1H3. The van der Waals surface area contributed by atoms with Crippen molar-refractivity contribution in [3.63, 3.8) is 0 Å². The smallest absolute Gasteiger partial charge is 0.327 e. The van der Waals surface area contributed by atoms with Crippen molar-refractivity contribution in [3.8, 4) is 0 Å². The first-order valence-corrected chi connectivity index (χ1v) is 2.99. The summed E-state index contributed by atoms with van der Waals surface area (Å²) in [6.45, 7) is 1.51. The Balaban J connectivity index is 2.52. The Morgan fingerprint density at radius 1 is 1.56 bits per heavy atom. The Morgan fingerprint density at radius 2 is 2.22 bits per heavy atom. The van der Waals surface area contributed by atoms with Crippen LogP contribution in [0.3, 0.4) is 0 Å². The maximum atomic E-state index is 10.9. The van der Waals surface area contributed by atoms with Crippen molar-refractivity contribution >= 4 is 6.03 Å². The van der Waals surface area contributed by atoms with Gasteiger partial charge in [-0.1, -0.05) is 0 Å². The van der Waals surface area contributed by atoms with E-state index in [4.69, 9.17) is 5.84 Å². The second-order valence-electron chi connectivity index (χ2n) is 2.25. The molecule has 1 aliphatic heterocycles. The van der Waals surface area contributed by atoms with Crippen molar-refractivity contribution < 1.29 is 4.79 Å². The van der Waals surface area contributed by atoms with Gasteiger partial charge in [-0.25, -0.2) is 10.6 Å². The van der Waals surface area contributed by atoms with Gasteiger partial charge in [-0.05, 0) is 6.42 Å². The molecule has 1 fully saturated rings. The van der Waals surface area contributed by atoms with Crippen LogP contribution in [0, 0.1) is 0 Å². The molecule has 0 aliphatic carbocycles. The molecule has 0 saturated carbocycles. The summed E-state index contributed by atoms with van der Waals surface area (Å²) in [5.41, 5.74) is 0. The molecule has 0 radical (unpaired) electrons. The fourth-order valence-electron chi connectivity index (χ4n) is 0.889. The van der Waals surface area contributed by atoms with E-state index in [-0.39, 0.29) is 6.03 Å². The predicted molar refractivity (Wildman–Crippen MR) is 33.5 cm³/mol. The summed E-state index contributed by atoms with van der Waals surface area (Å²) in [6, 6.07) is -0.0822. The second kappa shape index (κ2) is 2.23. The van der Waals surface area contributed by atoms with Gasteiger partial charge in [0, 0.05) is 20.1 Å². The van der Waals surface area contributed by atoms with Gasteiger partial charge in [0.1, 0.15) is 0 Å². The molecule has 0 aromatic carbocycles. The number of carbonyl (C=O) groups is 1. The molecule has 0 atom stereocenters. The molecule has 2 amide bonds. The van der Waals surface area contributed by atoms with Crippen LogP contribution in [0.4, 0.5) is 4.79 Å². The Morgan fingerprint density at radius 3 is 2.67 bits per heavy atom. The van der Waals surface area contributed by atoms with E-state index in [0.29, 0.717) is 6.54 Å². The molecule has 1 rings (SSSR count). The largest absolute Gasteiger partial charge is 0.333 e. The van der Waals surface area contributed by atoms with E-state index in [1.165, 1.54) is 5.01 Å². The highest BCUT2D eigenvalue weighted by Crippen LogP contribution is 2.00. The lowest BCUT2D eigenvalue weighted by Gasteiger charge is -2.29. The summed E-state index contributed by atoms with van der Waals surface area (Å²) in [7, 11) is 1.75. The molecule has 1 aliphatic rings. The summed E-state index contributed by atoms with van der Waals surface area (Å²) in [5, 5.41) is 1.24. The maximum absolute atomic E-state index is 10.9. The van der Waals surface area contributed by atoms with Crippen LogP contribution in [-0.4, -0.2) is 36.1 Å². The molecular formula is C5H11N3O. The highest BCUT2D eigenvalue weighted by atomic mass is 16.2. The molecule has 0 aromatic heterocycles. The van der Waals surface area contributed by atoms with Gasteiger partial charge in [-0.3, -0.25) is 5.01 Å². The first-order chi connectivity index (χ1) is 4.22. The van der Waals surface area contributed by atoms with Gasteiger partial charge in [0.25, 0.3) is 0 Å². The molecule has 1 heterocycles. The minimum absolute atomic E-state index is 0.0822. The Labute approximate surface area is 54.2 Å². The van der Waals surface area contributed by atoms with Crippen LogP contribution in [0.1, 0.15) is 6.42 Å². The van der Waals surface area contributed by atoms with Crippen molar-refractivity contribution in [2.75, 3.05) is 20.1 Å². The van der Waals surface area contributed by atoms with Gasteiger partial charge >= 0.3 is 6.03 Å². The lowest BCUT2D eigenvalue weighted by atomic mass is 10.3. The third-order valence-corrected chi connectivity index (χ3v) is 1.46. The zero-order valence-corrected chi connectivity index (χ0v) is 5.50.